The van der Waals surface area contributed by atoms with E-state index in [9.17, 15) is 19.5 Å². The van der Waals surface area contributed by atoms with Crippen molar-refractivity contribution in [2.75, 3.05) is 18.6 Å². The van der Waals surface area contributed by atoms with Gasteiger partial charge in [-0.2, -0.15) is 0 Å². The number of imide groups is 1. The fourth-order valence-electron chi connectivity index (χ4n) is 2.45. The molecule has 2 aromatic rings. The fourth-order valence-corrected chi connectivity index (χ4v) is 3.29. The van der Waals surface area contributed by atoms with Gasteiger partial charge in [-0.1, -0.05) is 24.3 Å². The molecule has 0 radical (unpaired) electrons. The number of hydrogen-bond donors (Lipinski definition) is 0. The number of nitrogens with zero attached hydrogens (tertiary/aromatic N) is 1. The van der Waals surface area contributed by atoms with Crippen LogP contribution in [0.4, 0.5) is 10.5 Å². The van der Waals surface area contributed by atoms with Gasteiger partial charge in [0, 0.05) is 0 Å². The molecule has 138 valence electrons. The van der Waals surface area contributed by atoms with E-state index in [0.717, 1.165) is 16.7 Å². The quantitative estimate of drug-likeness (QED) is 0.704. The number of aliphatic carboxylic acids is 1. The smallest absolute Gasteiger partial charge is 0.298 e. The lowest BCUT2D eigenvalue weighted by atomic mass is 10.2. The molecule has 0 unspecified atom stereocenters. The monoisotopic (exact) mass is 384 g/mol. The van der Waals surface area contributed by atoms with E-state index < -0.39 is 18.5 Å². The number of carbonyl (C=O) groups is 3. The van der Waals surface area contributed by atoms with Gasteiger partial charge >= 0.3 is 0 Å². The standard InChI is InChI=1S/C19H15NO6S/c1-25-15-9-12(7-8-14(15)26-11-17(21)22)10-16-18(23)20(19(24)27-16)13-5-3-2-4-6-13/h2-10H,11H2,1H3,(H,21,22)/p-1/b16-10+. The maximum absolute atomic E-state index is 12.6. The largest absolute Gasteiger partial charge is 0.546 e. The first-order valence-corrected chi connectivity index (χ1v) is 8.65. The number of thioether (sulfide) groups is 1. The summed E-state index contributed by atoms with van der Waals surface area (Å²) in [6.45, 7) is -0.605. The first-order valence-electron chi connectivity index (χ1n) is 7.83. The van der Waals surface area contributed by atoms with Crippen LogP contribution < -0.4 is 19.5 Å². The molecule has 0 atom stereocenters. The van der Waals surface area contributed by atoms with Crippen molar-refractivity contribution in [1.29, 1.82) is 0 Å². The molecule has 1 heterocycles. The van der Waals surface area contributed by atoms with Crippen molar-refractivity contribution in [1.82, 2.24) is 0 Å². The summed E-state index contributed by atoms with van der Waals surface area (Å²) in [5.74, 6) is -1.23. The summed E-state index contributed by atoms with van der Waals surface area (Å²) in [7, 11) is 1.41. The number of hydrogen-bond acceptors (Lipinski definition) is 7. The molecule has 0 spiro atoms. The molecule has 0 aromatic heterocycles. The average molecular weight is 384 g/mol. The molecule has 3 rings (SSSR count). The number of carboxylic acids is 1. The Kier molecular flexibility index (Phi) is 5.46. The second-order valence-electron chi connectivity index (χ2n) is 5.42. The van der Waals surface area contributed by atoms with E-state index in [-0.39, 0.29) is 15.9 Å². The topological polar surface area (TPSA) is 96.0 Å². The number of carbonyl (C=O) groups excluding carboxylic acids is 3. The second-order valence-corrected chi connectivity index (χ2v) is 6.42. The Balaban J connectivity index is 1.85. The van der Waals surface area contributed by atoms with Crippen molar-refractivity contribution >= 4 is 40.6 Å². The summed E-state index contributed by atoms with van der Waals surface area (Å²) in [4.78, 5) is 36.7. The number of anilines is 1. The lowest BCUT2D eigenvalue weighted by molar-refractivity contribution is -0.307. The maximum Gasteiger partial charge on any atom is 0.298 e. The van der Waals surface area contributed by atoms with Gasteiger partial charge in [0.1, 0.15) is 6.61 Å². The Hall–Kier alpha value is -3.26. The van der Waals surface area contributed by atoms with Gasteiger partial charge in [0.15, 0.2) is 11.5 Å². The Bertz CT molecular complexity index is 925. The summed E-state index contributed by atoms with van der Waals surface area (Å²) in [5.41, 5.74) is 1.11. The third-order valence-electron chi connectivity index (χ3n) is 3.64. The molecular formula is C19H14NO6S-. The zero-order valence-electron chi connectivity index (χ0n) is 14.2. The van der Waals surface area contributed by atoms with E-state index in [1.807, 2.05) is 0 Å². The van der Waals surface area contributed by atoms with Crippen LogP contribution in [0.5, 0.6) is 11.5 Å². The highest BCUT2D eigenvalue weighted by atomic mass is 32.2. The van der Waals surface area contributed by atoms with Crippen LogP contribution in [-0.2, 0) is 9.59 Å². The van der Waals surface area contributed by atoms with Crippen LogP contribution >= 0.6 is 11.8 Å². The molecule has 0 bridgehead atoms. The van der Waals surface area contributed by atoms with Crippen LogP contribution in [0, 0.1) is 0 Å². The van der Waals surface area contributed by atoms with Gasteiger partial charge in [-0.15, -0.1) is 0 Å². The zero-order chi connectivity index (χ0) is 19.4. The van der Waals surface area contributed by atoms with Crippen LogP contribution in [0.1, 0.15) is 5.56 Å². The molecule has 1 aliphatic heterocycles. The lowest BCUT2D eigenvalue weighted by Crippen LogP contribution is -2.29. The molecule has 1 fully saturated rings. The van der Waals surface area contributed by atoms with Crippen LogP contribution in [-0.4, -0.2) is 30.8 Å². The lowest BCUT2D eigenvalue weighted by Gasteiger charge is -2.12. The van der Waals surface area contributed by atoms with Gasteiger partial charge in [0.2, 0.25) is 0 Å². The Morgan fingerprint density at radius 2 is 1.89 bits per heavy atom. The summed E-state index contributed by atoms with van der Waals surface area (Å²) < 4.78 is 10.3. The van der Waals surface area contributed by atoms with Crippen LogP contribution in [0.3, 0.4) is 0 Å². The van der Waals surface area contributed by atoms with Gasteiger partial charge in [0.05, 0.1) is 23.7 Å². The number of para-hydroxylation sites is 1. The predicted octanol–water partition coefficient (Wildman–Crippen LogP) is 2.06. The van der Waals surface area contributed by atoms with E-state index in [2.05, 4.69) is 0 Å². The third-order valence-corrected chi connectivity index (χ3v) is 4.51. The molecule has 0 N–H and O–H groups in total. The number of rotatable bonds is 6. The molecule has 0 aliphatic carbocycles. The van der Waals surface area contributed by atoms with E-state index in [0.29, 0.717) is 17.0 Å². The summed E-state index contributed by atoms with van der Waals surface area (Å²) in [6, 6.07) is 13.4. The number of ether oxygens (including phenoxy) is 2. The highest BCUT2D eigenvalue weighted by molar-refractivity contribution is 8.19. The minimum atomic E-state index is -1.35. The van der Waals surface area contributed by atoms with E-state index in [1.165, 1.54) is 13.2 Å². The van der Waals surface area contributed by atoms with Gasteiger partial charge in [0.25, 0.3) is 11.1 Å². The van der Waals surface area contributed by atoms with Crippen LogP contribution in [0.15, 0.2) is 53.4 Å². The maximum atomic E-state index is 12.6. The minimum Gasteiger partial charge on any atom is -0.546 e. The minimum absolute atomic E-state index is 0.233. The van der Waals surface area contributed by atoms with Crippen molar-refractivity contribution in [3.63, 3.8) is 0 Å². The first-order chi connectivity index (χ1) is 13.0. The highest BCUT2D eigenvalue weighted by Gasteiger charge is 2.36. The molecule has 2 aromatic carbocycles. The van der Waals surface area contributed by atoms with Crippen molar-refractivity contribution in [3.8, 4) is 11.5 Å². The zero-order valence-corrected chi connectivity index (χ0v) is 15.0. The van der Waals surface area contributed by atoms with Gasteiger partial charge < -0.3 is 19.4 Å². The molecular weight excluding hydrogens is 370 g/mol. The van der Waals surface area contributed by atoms with E-state index >= 15 is 0 Å². The number of benzene rings is 2. The van der Waals surface area contributed by atoms with Crippen molar-refractivity contribution in [2.24, 2.45) is 0 Å². The molecule has 1 aliphatic rings. The third kappa shape index (κ3) is 4.12. The Labute approximate surface area is 159 Å². The van der Waals surface area contributed by atoms with Gasteiger partial charge in [-0.05, 0) is 47.7 Å². The highest BCUT2D eigenvalue weighted by Crippen LogP contribution is 2.36. The molecule has 1 saturated heterocycles. The van der Waals surface area contributed by atoms with Crippen LogP contribution in [0.2, 0.25) is 0 Å². The predicted molar refractivity (Wildman–Crippen MR) is 98.4 cm³/mol. The second kappa shape index (κ2) is 7.96. The molecule has 0 saturated carbocycles. The summed E-state index contributed by atoms with van der Waals surface area (Å²) >= 11 is 0.844. The Morgan fingerprint density at radius 1 is 1.15 bits per heavy atom. The average Bonchev–Trinajstić information content (AvgIpc) is 2.94. The van der Waals surface area contributed by atoms with Crippen molar-refractivity contribution < 1.29 is 29.0 Å². The SMILES string of the molecule is COc1cc(/C=C2/SC(=O)N(c3ccccc3)C2=O)ccc1OCC(=O)[O-]. The molecule has 2 amide bonds. The first kappa shape index (κ1) is 18.5. The van der Waals surface area contributed by atoms with Gasteiger partial charge in [-0.25, -0.2) is 4.90 Å². The number of carboxylic acid groups (broad SMARTS) is 1. The van der Waals surface area contributed by atoms with E-state index in [4.69, 9.17) is 9.47 Å². The van der Waals surface area contributed by atoms with Gasteiger partial charge in [-0.3, -0.25) is 9.59 Å². The van der Waals surface area contributed by atoms with Crippen LogP contribution in [0.25, 0.3) is 6.08 Å². The summed E-state index contributed by atoms with van der Waals surface area (Å²) in [5, 5.41) is 10.1. The Morgan fingerprint density at radius 3 is 2.56 bits per heavy atom. The van der Waals surface area contributed by atoms with Crippen molar-refractivity contribution in [2.45, 2.75) is 0 Å². The van der Waals surface area contributed by atoms with E-state index in [1.54, 1.807) is 48.5 Å². The molecule has 27 heavy (non-hydrogen) atoms. The molecule has 7 nitrogen and oxygen atoms in total. The summed E-state index contributed by atoms with van der Waals surface area (Å²) in [6.07, 6.45) is 1.57. The number of methoxy groups -OCH3 is 1. The van der Waals surface area contributed by atoms with Crippen molar-refractivity contribution in [3.05, 3.63) is 59.0 Å². The fraction of sp³-hybridized carbons (Fsp3) is 0.105. The normalized spacial score (nSPS) is 15.3. The molecule has 8 heteroatoms. The number of amides is 2.